The Morgan fingerprint density at radius 1 is 1.33 bits per heavy atom. The van der Waals surface area contributed by atoms with Crippen molar-refractivity contribution in [3.8, 4) is 0 Å². The zero-order valence-electron chi connectivity index (χ0n) is 10.8. The van der Waals surface area contributed by atoms with Crippen molar-refractivity contribution < 1.29 is 4.79 Å². The molecule has 1 fully saturated rings. The van der Waals surface area contributed by atoms with E-state index in [1.807, 2.05) is 12.1 Å². The van der Waals surface area contributed by atoms with E-state index in [1.54, 1.807) is 13.2 Å². The minimum atomic E-state index is -0.0509. The third-order valence-corrected chi connectivity index (χ3v) is 3.05. The van der Waals surface area contributed by atoms with Crippen LogP contribution in [0, 0.1) is 0 Å². The first-order chi connectivity index (χ1) is 8.79. The predicted octanol–water partition coefficient (Wildman–Crippen LogP) is 1.23. The normalized spacial score (nSPS) is 15.5. The van der Waals surface area contributed by atoms with Crippen molar-refractivity contribution in [3.63, 3.8) is 0 Å². The summed E-state index contributed by atoms with van der Waals surface area (Å²) in [5.74, 6) is 0.950. The van der Waals surface area contributed by atoms with Gasteiger partial charge in [-0.25, -0.2) is 4.98 Å². The zero-order chi connectivity index (χ0) is 12.8. The molecule has 0 atom stereocenters. The number of aromatic nitrogens is 1. The lowest BCUT2D eigenvalue weighted by Gasteiger charge is -2.27. The van der Waals surface area contributed by atoms with Crippen molar-refractivity contribution in [2.45, 2.75) is 19.3 Å². The quantitative estimate of drug-likeness (QED) is 0.841. The molecular weight excluding hydrogens is 228 g/mol. The number of pyridine rings is 1. The van der Waals surface area contributed by atoms with Gasteiger partial charge in [0.25, 0.3) is 0 Å². The van der Waals surface area contributed by atoms with Gasteiger partial charge in [-0.3, -0.25) is 4.79 Å². The molecule has 0 spiro atoms. The summed E-state index contributed by atoms with van der Waals surface area (Å²) in [5, 5.41) is 5.60. The minimum absolute atomic E-state index is 0.0509. The molecule has 5 heteroatoms. The molecule has 18 heavy (non-hydrogen) atoms. The second-order valence-electron chi connectivity index (χ2n) is 4.53. The van der Waals surface area contributed by atoms with E-state index in [0.717, 1.165) is 24.6 Å². The highest BCUT2D eigenvalue weighted by atomic mass is 16.1. The van der Waals surface area contributed by atoms with Crippen LogP contribution in [-0.2, 0) is 4.79 Å². The van der Waals surface area contributed by atoms with E-state index in [2.05, 4.69) is 20.5 Å². The van der Waals surface area contributed by atoms with Crippen LogP contribution in [0.25, 0.3) is 0 Å². The predicted molar refractivity (Wildman–Crippen MR) is 72.9 cm³/mol. The van der Waals surface area contributed by atoms with Gasteiger partial charge in [-0.05, 0) is 38.4 Å². The molecule has 1 aromatic rings. The summed E-state index contributed by atoms with van der Waals surface area (Å²) in [6, 6.07) is 3.88. The van der Waals surface area contributed by atoms with E-state index < -0.39 is 0 Å². The van der Waals surface area contributed by atoms with Crippen molar-refractivity contribution in [3.05, 3.63) is 18.3 Å². The molecule has 2 rings (SSSR count). The fourth-order valence-electron chi connectivity index (χ4n) is 2.14. The molecule has 0 unspecified atom stereocenters. The molecule has 0 bridgehead atoms. The number of amides is 1. The van der Waals surface area contributed by atoms with E-state index in [1.165, 1.54) is 19.3 Å². The SMILES string of the molecule is CNCC(=O)Nc1ccc(N2CCCCC2)nc1. The highest BCUT2D eigenvalue weighted by Crippen LogP contribution is 2.18. The number of hydrogen-bond donors (Lipinski definition) is 2. The first kappa shape index (κ1) is 12.8. The van der Waals surface area contributed by atoms with Crippen LogP contribution in [0.2, 0.25) is 0 Å². The van der Waals surface area contributed by atoms with Crippen molar-refractivity contribution >= 4 is 17.4 Å². The number of hydrogen-bond acceptors (Lipinski definition) is 4. The average Bonchev–Trinajstić information content (AvgIpc) is 2.41. The number of carbonyl (C=O) groups is 1. The highest BCUT2D eigenvalue weighted by molar-refractivity contribution is 5.92. The van der Waals surface area contributed by atoms with Crippen molar-refractivity contribution in [1.29, 1.82) is 0 Å². The van der Waals surface area contributed by atoms with Gasteiger partial charge < -0.3 is 15.5 Å². The maximum Gasteiger partial charge on any atom is 0.238 e. The third-order valence-electron chi connectivity index (χ3n) is 3.05. The van der Waals surface area contributed by atoms with E-state index in [9.17, 15) is 4.79 Å². The van der Waals surface area contributed by atoms with E-state index in [4.69, 9.17) is 0 Å². The van der Waals surface area contributed by atoms with Crippen molar-refractivity contribution in [2.75, 3.05) is 36.9 Å². The van der Waals surface area contributed by atoms with Crippen LogP contribution in [-0.4, -0.2) is 37.6 Å². The van der Waals surface area contributed by atoms with Crippen LogP contribution < -0.4 is 15.5 Å². The van der Waals surface area contributed by atoms with E-state index in [0.29, 0.717) is 6.54 Å². The van der Waals surface area contributed by atoms with Gasteiger partial charge in [0.05, 0.1) is 18.4 Å². The van der Waals surface area contributed by atoms with Crippen LogP contribution in [0.15, 0.2) is 18.3 Å². The summed E-state index contributed by atoms with van der Waals surface area (Å²) < 4.78 is 0. The monoisotopic (exact) mass is 248 g/mol. The maximum absolute atomic E-state index is 11.4. The summed E-state index contributed by atoms with van der Waals surface area (Å²) in [4.78, 5) is 18.1. The molecular formula is C13H20N4O. The van der Waals surface area contributed by atoms with Crippen LogP contribution in [0.3, 0.4) is 0 Å². The Bertz CT molecular complexity index is 384. The Kier molecular flexibility index (Phi) is 4.52. The smallest absolute Gasteiger partial charge is 0.238 e. The number of anilines is 2. The van der Waals surface area contributed by atoms with Crippen molar-refractivity contribution in [1.82, 2.24) is 10.3 Å². The number of rotatable bonds is 4. The summed E-state index contributed by atoms with van der Waals surface area (Å²) in [5.41, 5.74) is 0.746. The number of nitrogens with one attached hydrogen (secondary N) is 2. The van der Waals surface area contributed by atoms with Crippen LogP contribution in [0.1, 0.15) is 19.3 Å². The Hall–Kier alpha value is -1.62. The molecule has 98 valence electrons. The number of nitrogens with zero attached hydrogens (tertiary/aromatic N) is 2. The number of likely N-dealkylation sites (N-methyl/N-ethyl adjacent to an activating group) is 1. The molecule has 1 aliphatic rings. The van der Waals surface area contributed by atoms with Crippen LogP contribution in [0.5, 0.6) is 0 Å². The number of carbonyl (C=O) groups excluding carboxylic acids is 1. The average molecular weight is 248 g/mol. The Labute approximate surface area is 108 Å². The third kappa shape index (κ3) is 3.43. The van der Waals surface area contributed by atoms with E-state index in [-0.39, 0.29) is 5.91 Å². The standard InChI is InChI=1S/C13H20N4O/c1-14-10-13(18)16-11-5-6-12(15-9-11)17-7-3-2-4-8-17/h5-6,9,14H,2-4,7-8,10H2,1H3,(H,16,18). The molecule has 1 amide bonds. The minimum Gasteiger partial charge on any atom is -0.357 e. The van der Waals surface area contributed by atoms with Gasteiger partial charge in [-0.2, -0.15) is 0 Å². The van der Waals surface area contributed by atoms with Crippen LogP contribution >= 0.6 is 0 Å². The molecule has 1 aliphatic heterocycles. The van der Waals surface area contributed by atoms with Crippen molar-refractivity contribution in [2.24, 2.45) is 0 Å². The summed E-state index contributed by atoms with van der Waals surface area (Å²) in [6.45, 7) is 2.48. The molecule has 0 aliphatic carbocycles. The van der Waals surface area contributed by atoms with Crippen LogP contribution in [0.4, 0.5) is 11.5 Å². The summed E-state index contributed by atoms with van der Waals surface area (Å²) >= 11 is 0. The van der Waals surface area contributed by atoms with Gasteiger partial charge >= 0.3 is 0 Å². The maximum atomic E-state index is 11.4. The molecule has 5 nitrogen and oxygen atoms in total. The van der Waals surface area contributed by atoms with Gasteiger partial charge in [0.15, 0.2) is 0 Å². The molecule has 2 heterocycles. The fraction of sp³-hybridized carbons (Fsp3) is 0.538. The summed E-state index contributed by atoms with van der Waals surface area (Å²) in [6.07, 6.45) is 5.51. The second-order valence-corrected chi connectivity index (χ2v) is 4.53. The summed E-state index contributed by atoms with van der Waals surface area (Å²) in [7, 11) is 1.75. The van der Waals surface area contributed by atoms with Gasteiger partial charge in [0.1, 0.15) is 5.82 Å². The lowest BCUT2D eigenvalue weighted by Crippen LogP contribution is -2.30. The van der Waals surface area contributed by atoms with E-state index >= 15 is 0 Å². The van der Waals surface area contributed by atoms with Gasteiger partial charge in [-0.15, -0.1) is 0 Å². The Morgan fingerprint density at radius 2 is 2.11 bits per heavy atom. The van der Waals surface area contributed by atoms with Gasteiger partial charge in [-0.1, -0.05) is 0 Å². The molecule has 1 aromatic heterocycles. The highest BCUT2D eigenvalue weighted by Gasteiger charge is 2.11. The first-order valence-corrected chi connectivity index (χ1v) is 6.45. The Morgan fingerprint density at radius 3 is 2.72 bits per heavy atom. The molecule has 0 aromatic carbocycles. The first-order valence-electron chi connectivity index (χ1n) is 6.45. The molecule has 2 N–H and O–H groups in total. The largest absolute Gasteiger partial charge is 0.357 e. The molecule has 0 saturated carbocycles. The molecule has 0 radical (unpaired) electrons. The molecule has 1 saturated heterocycles. The Balaban J connectivity index is 1.94. The zero-order valence-corrected chi connectivity index (χ0v) is 10.8. The number of piperidine rings is 1. The topological polar surface area (TPSA) is 57.3 Å². The van der Waals surface area contributed by atoms with Gasteiger partial charge in [0.2, 0.25) is 5.91 Å². The van der Waals surface area contributed by atoms with Gasteiger partial charge in [0, 0.05) is 13.1 Å². The lowest BCUT2D eigenvalue weighted by atomic mass is 10.1. The fourth-order valence-corrected chi connectivity index (χ4v) is 2.14. The second kappa shape index (κ2) is 6.35. The lowest BCUT2D eigenvalue weighted by molar-refractivity contribution is -0.115.